The molecule has 4 aromatic rings. The summed E-state index contributed by atoms with van der Waals surface area (Å²) in [7, 11) is 1.25. The summed E-state index contributed by atoms with van der Waals surface area (Å²) in [4.78, 5) is 52.9. The fourth-order valence-electron chi connectivity index (χ4n) is 3.31. The molecule has 35 heavy (non-hydrogen) atoms. The number of fused-ring (bicyclic) bond motifs is 1. The highest BCUT2D eigenvalue weighted by atomic mass is 32.2. The Kier molecular flexibility index (Phi) is 6.92. The first kappa shape index (κ1) is 23.7. The smallest absolute Gasteiger partial charge is 0.337 e. The van der Waals surface area contributed by atoms with Crippen molar-refractivity contribution in [2.75, 3.05) is 18.2 Å². The van der Waals surface area contributed by atoms with E-state index in [2.05, 4.69) is 10.3 Å². The Labute approximate surface area is 201 Å². The molecule has 0 unspecified atom stereocenters. The van der Waals surface area contributed by atoms with Crippen molar-refractivity contribution in [1.29, 1.82) is 0 Å². The van der Waals surface area contributed by atoms with Gasteiger partial charge in [0.25, 0.3) is 11.2 Å². The first-order valence-corrected chi connectivity index (χ1v) is 11.2. The highest BCUT2D eigenvalue weighted by Crippen LogP contribution is 2.25. The molecule has 0 bridgehead atoms. The summed E-state index contributed by atoms with van der Waals surface area (Å²) in [6.45, 7) is 0.0711. The van der Waals surface area contributed by atoms with Gasteiger partial charge in [0.2, 0.25) is 5.91 Å². The van der Waals surface area contributed by atoms with Crippen LogP contribution < -0.4 is 10.9 Å². The number of nitro benzene ring substituents is 1. The van der Waals surface area contributed by atoms with E-state index in [0.29, 0.717) is 5.76 Å². The monoisotopic (exact) mass is 494 g/mol. The van der Waals surface area contributed by atoms with Crippen LogP contribution in [0.25, 0.3) is 10.9 Å². The second-order valence-electron chi connectivity index (χ2n) is 7.20. The van der Waals surface area contributed by atoms with E-state index in [1.807, 2.05) is 0 Å². The van der Waals surface area contributed by atoms with Crippen LogP contribution in [0, 0.1) is 10.1 Å². The van der Waals surface area contributed by atoms with Gasteiger partial charge in [-0.25, -0.2) is 9.78 Å². The zero-order valence-electron chi connectivity index (χ0n) is 18.3. The summed E-state index contributed by atoms with van der Waals surface area (Å²) >= 11 is 0.972. The third kappa shape index (κ3) is 5.22. The number of furan rings is 1. The van der Waals surface area contributed by atoms with Crippen molar-refractivity contribution in [1.82, 2.24) is 9.55 Å². The van der Waals surface area contributed by atoms with Gasteiger partial charge < -0.3 is 14.5 Å². The van der Waals surface area contributed by atoms with Crippen molar-refractivity contribution < 1.29 is 23.7 Å². The molecule has 2 aromatic carbocycles. The van der Waals surface area contributed by atoms with E-state index >= 15 is 0 Å². The number of amides is 1. The standard InChI is InChI=1S/C23H18N4O7S/c1-33-22(30)14-8-9-16-18(11-14)25-23(26(21(16)29)12-15-5-4-10-34-15)35-13-20(28)24-17-6-2-3-7-19(17)27(31)32/h2-11H,12-13H2,1H3,(H,24,28). The molecule has 0 spiro atoms. The van der Waals surface area contributed by atoms with Crippen LogP contribution >= 0.6 is 11.8 Å². The van der Waals surface area contributed by atoms with Crippen LogP contribution in [0.1, 0.15) is 16.1 Å². The lowest BCUT2D eigenvalue weighted by Crippen LogP contribution is -2.25. The molecule has 0 aliphatic heterocycles. The Balaban J connectivity index is 1.66. The van der Waals surface area contributed by atoms with Crippen LogP contribution in [-0.2, 0) is 16.1 Å². The molecule has 11 nitrogen and oxygen atoms in total. The summed E-state index contributed by atoms with van der Waals surface area (Å²) < 4.78 is 11.5. The molecule has 0 radical (unpaired) electrons. The van der Waals surface area contributed by atoms with Gasteiger partial charge in [-0.1, -0.05) is 23.9 Å². The average Bonchev–Trinajstić information content (AvgIpc) is 3.37. The minimum atomic E-state index is -0.590. The van der Waals surface area contributed by atoms with E-state index < -0.39 is 16.8 Å². The SMILES string of the molecule is COC(=O)c1ccc2c(=O)n(Cc3ccco3)c(SCC(=O)Nc3ccccc3[N+](=O)[O-])nc2c1. The van der Waals surface area contributed by atoms with Crippen LogP contribution in [0.3, 0.4) is 0 Å². The van der Waals surface area contributed by atoms with Gasteiger partial charge in [-0.3, -0.25) is 24.3 Å². The number of carbonyl (C=O) groups is 2. The van der Waals surface area contributed by atoms with E-state index in [1.165, 1.54) is 54.3 Å². The van der Waals surface area contributed by atoms with E-state index in [0.717, 1.165) is 11.8 Å². The van der Waals surface area contributed by atoms with Crippen LogP contribution in [0.5, 0.6) is 0 Å². The largest absolute Gasteiger partial charge is 0.467 e. The molecule has 0 saturated carbocycles. The number of anilines is 1. The Bertz CT molecular complexity index is 1480. The summed E-state index contributed by atoms with van der Waals surface area (Å²) in [5.41, 5.74) is -0.0783. The fraction of sp³-hybridized carbons (Fsp3) is 0.130. The number of thioether (sulfide) groups is 1. The van der Waals surface area contributed by atoms with Crippen molar-refractivity contribution in [3.63, 3.8) is 0 Å². The lowest BCUT2D eigenvalue weighted by atomic mass is 10.1. The van der Waals surface area contributed by atoms with E-state index in [9.17, 15) is 24.5 Å². The molecule has 0 aliphatic rings. The first-order chi connectivity index (χ1) is 16.9. The van der Waals surface area contributed by atoms with Gasteiger partial charge in [0, 0.05) is 6.07 Å². The van der Waals surface area contributed by atoms with E-state index in [-0.39, 0.29) is 50.9 Å². The molecule has 2 heterocycles. The number of nitrogens with one attached hydrogen (secondary N) is 1. The molecule has 1 amide bonds. The molecule has 0 saturated heterocycles. The Morgan fingerprint density at radius 2 is 2.00 bits per heavy atom. The number of nitrogens with zero attached hydrogens (tertiary/aromatic N) is 3. The number of nitro groups is 1. The number of aromatic nitrogens is 2. The molecule has 12 heteroatoms. The molecule has 0 atom stereocenters. The molecule has 0 aliphatic carbocycles. The third-order valence-corrected chi connectivity index (χ3v) is 5.92. The summed E-state index contributed by atoms with van der Waals surface area (Å²) in [5.74, 6) is -0.776. The topological polar surface area (TPSA) is 147 Å². The van der Waals surface area contributed by atoms with Gasteiger partial charge in [0.1, 0.15) is 11.4 Å². The van der Waals surface area contributed by atoms with Gasteiger partial charge in [-0.05, 0) is 36.4 Å². The summed E-state index contributed by atoms with van der Waals surface area (Å²) in [6.07, 6.45) is 1.48. The van der Waals surface area contributed by atoms with Gasteiger partial charge in [-0.2, -0.15) is 0 Å². The summed E-state index contributed by atoms with van der Waals surface area (Å²) in [5, 5.41) is 14.2. The number of benzene rings is 2. The number of esters is 1. The van der Waals surface area contributed by atoms with E-state index in [1.54, 1.807) is 18.2 Å². The molecule has 2 aromatic heterocycles. The second kappa shape index (κ2) is 10.2. The van der Waals surface area contributed by atoms with Crippen molar-refractivity contribution >= 4 is 45.9 Å². The number of hydrogen-bond donors (Lipinski definition) is 1. The number of hydrogen-bond acceptors (Lipinski definition) is 9. The number of methoxy groups -OCH3 is 1. The maximum Gasteiger partial charge on any atom is 0.337 e. The van der Waals surface area contributed by atoms with Crippen LogP contribution in [0.15, 0.2) is 75.2 Å². The Hall–Kier alpha value is -4.45. The molecule has 1 N–H and O–H groups in total. The van der Waals surface area contributed by atoms with Crippen LogP contribution in [0.2, 0.25) is 0 Å². The maximum atomic E-state index is 13.3. The highest BCUT2D eigenvalue weighted by Gasteiger charge is 2.18. The van der Waals surface area contributed by atoms with Crippen molar-refractivity contribution in [3.05, 3.63) is 92.7 Å². The molecule has 0 fully saturated rings. The minimum Gasteiger partial charge on any atom is -0.467 e. The van der Waals surface area contributed by atoms with Crippen LogP contribution in [0.4, 0.5) is 11.4 Å². The van der Waals surface area contributed by atoms with E-state index in [4.69, 9.17) is 9.15 Å². The first-order valence-electron chi connectivity index (χ1n) is 10.2. The van der Waals surface area contributed by atoms with Gasteiger partial charge >= 0.3 is 5.97 Å². The fourth-order valence-corrected chi connectivity index (χ4v) is 4.11. The zero-order valence-corrected chi connectivity index (χ0v) is 19.1. The molecule has 178 valence electrons. The Morgan fingerprint density at radius 3 is 2.71 bits per heavy atom. The normalized spacial score (nSPS) is 10.8. The average molecular weight is 494 g/mol. The number of rotatable bonds is 8. The maximum absolute atomic E-state index is 13.3. The van der Waals surface area contributed by atoms with Crippen molar-refractivity contribution in [3.8, 4) is 0 Å². The highest BCUT2D eigenvalue weighted by molar-refractivity contribution is 7.99. The third-order valence-electron chi connectivity index (χ3n) is 4.94. The second-order valence-corrected chi connectivity index (χ2v) is 8.14. The predicted molar refractivity (Wildman–Crippen MR) is 128 cm³/mol. The van der Waals surface area contributed by atoms with Gasteiger partial charge in [0.05, 0.1) is 47.1 Å². The predicted octanol–water partition coefficient (Wildman–Crippen LogP) is 3.46. The quantitative estimate of drug-likeness (QED) is 0.128. The summed E-state index contributed by atoms with van der Waals surface area (Å²) in [6, 6.07) is 13.6. The van der Waals surface area contributed by atoms with Gasteiger partial charge in [-0.15, -0.1) is 0 Å². The van der Waals surface area contributed by atoms with Gasteiger partial charge in [0.15, 0.2) is 5.16 Å². The lowest BCUT2D eigenvalue weighted by molar-refractivity contribution is -0.383. The zero-order chi connectivity index (χ0) is 24.9. The number of carbonyl (C=O) groups excluding carboxylic acids is 2. The van der Waals surface area contributed by atoms with Crippen molar-refractivity contribution in [2.24, 2.45) is 0 Å². The molecular weight excluding hydrogens is 476 g/mol. The lowest BCUT2D eigenvalue weighted by Gasteiger charge is -2.13. The Morgan fingerprint density at radius 1 is 1.20 bits per heavy atom. The number of ether oxygens (including phenoxy) is 1. The van der Waals surface area contributed by atoms with Crippen LogP contribution in [-0.4, -0.2) is 39.2 Å². The molecular formula is C23H18N4O7S. The minimum absolute atomic E-state index is 0.0604. The van der Waals surface area contributed by atoms with Crippen molar-refractivity contribution in [2.45, 2.75) is 11.7 Å². The number of para-hydroxylation sites is 2. The molecule has 4 rings (SSSR count).